The normalized spacial score (nSPS) is 16.3. The van der Waals surface area contributed by atoms with E-state index in [2.05, 4.69) is 181 Å². The van der Waals surface area contributed by atoms with Gasteiger partial charge in [-0.2, -0.15) is 0 Å². The molecule has 48 heavy (non-hydrogen) atoms. The van der Waals surface area contributed by atoms with Gasteiger partial charge in [-0.25, -0.2) is 0 Å². The highest BCUT2D eigenvalue weighted by molar-refractivity contribution is 6.10. The van der Waals surface area contributed by atoms with Crippen molar-refractivity contribution in [2.75, 3.05) is 4.90 Å². The van der Waals surface area contributed by atoms with Crippen molar-refractivity contribution in [3.63, 3.8) is 0 Å². The third-order valence-electron chi connectivity index (χ3n) is 10.2. The van der Waals surface area contributed by atoms with Crippen molar-refractivity contribution in [3.8, 4) is 16.9 Å². The molecule has 0 saturated heterocycles. The third-order valence-corrected chi connectivity index (χ3v) is 10.2. The molecule has 0 spiro atoms. The van der Waals surface area contributed by atoms with Crippen LogP contribution in [-0.4, -0.2) is 6.10 Å². The van der Waals surface area contributed by atoms with E-state index in [1.165, 1.54) is 59.8 Å². The van der Waals surface area contributed by atoms with E-state index in [9.17, 15) is 0 Å². The topological polar surface area (TPSA) is 12.5 Å². The largest absolute Gasteiger partial charge is 0.485 e. The Morgan fingerprint density at radius 3 is 1.81 bits per heavy atom. The summed E-state index contributed by atoms with van der Waals surface area (Å²) in [5, 5.41) is 10.0. The number of anilines is 3. The molecule has 8 aromatic carbocycles. The minimum Gasteiger partial charge on any atom is -0.485 e. The predicted molar refractivity (Wildman–Crippen MR) is 202 cm³/mol. The second-order valence-corrected chi connectivity index (χ2v) is 12.9. The molecular formula is C46H31NO. The van der Waals surface area contributed by atoms with Gasteiger partial charge in [0, 0.05) is 28.5 Å². The highest BCUT2D eigenvalue weighted by Gasteiger charge is 2.32. The zero-order valence-electron chi connectivity index (χ0n) is 26.3. The smallest absolute Gasteiger partial charge is 0.128 e. The van der Waals surface area contributed by atoms with Gasteiger partial charge in [-0.15, -0.1) is 0 Å². The number of rotatable bonds is 4. The van der Waals surface area contributed by atoms with Gasteiger partial charge >= 0.3 is 0 Å². The predicted octanol–water partition coefficient (Wildman–Crippen LogP) is 12.4. The summed E-state index contributed by atoms with van der Waals surface area (Å²) in [5.74, 6) is 1.26. The lowest BCUT2D eigenvalue weighted by Gasteiger charge is -2.27. The van der Waals surface area contributed by atoms with E-state index < -0.39 is 0 Å². The molecule has 0 amide bonds. The summed E-state index contributed by atoms with van der Waals surface area (Å²) in [5.41, 5.74) is 7.02. The number of fused-ring (bicyclic) bond motifs is 9. The Balaban J connectivity index is 1.11. The molecule has 2 aliphatic rings. The molecular weight excluding hydrogens is 583 g/mol. The van der Waals surface area contributed by atoms with Gasteiger partial charge in [-0.3, -0.25) is 0 Å². The minimum absolute atomic E-state index is 0.0928. The lowest BCUT2D eigenvalue weighted by atomic mass is 9.90. The fraction of sp³-hybridized carbons (Fsp3) is 0.0435. The fourth-order valence-electron chi connectivity index (χ4n) is 7.74. The van der Waals surface area contributed by atoms with Gasteiger partial charge in [0.15, 0.2) is 0 Å². The van der Waals surface area contributed by atoms with Gasteiger partial charge in [0.2, 0.25) is 0 Å². The molecule has 226 valence electrons. The van der Waals surface area contributed by atoms with Crippen LogP contribution >= 0.6 is 0 Å². The lowest BCUT2D eigenvalue weighted by Crippen LogP contribution is -2.15. The molecule has 0 N–H and O–H groups in total. The van der Waals surface area contributed by atoms with Crippen molar-refractivity contribution < 1.29 is 4.74 Å². The first-order chi connectivity index (χ1) is 23.8. The van der Waals surface area contributed by atoms with E-state index in [-0.39, 0.29) is 12.0 Å². The van der Waals surface area contributed by atoms with E-state index >= 15 is 0 Å². The Morgan fingerprint density at radius 2 is 1.00 bits per heavy atom. The van der Waals surface area contributed by atoms with Crippen LogP contribution in [0.1, 0.15) is 11.5 Å². The summed E-state index contributed by atoms with van der Waals surface area (Å²) in [6.45, 7) is 0. The van der Waals surface area contributed by atoms with Crippen molar-refractivity contribution in [2.24, 2.45) is 0 Å². The van der Waals surface area contributed by atoms with Crippen LogP contribution in [-0.2, 0) is 0 Å². The second kappa shape index (κ2) is 10.7. The van der Waals surface area contributed by atoms with Crippen molar-refractivity contribution in [3.05, 3.63) is 182 Å². The van der Waals surface area contributed by atoms with Crippen molar-refractivity contribution >= 4 is 60.2 Å². The van der Waals surface area contributed by atoms with Crippen LogP contribution in [0.25, 0.3) is 54.2 Å². The quantitative estimate of drug-likeness (QED) is 0.183. The maximum Gasteiger partial charge on any atom is 0.128 e. The summed E-state index contributed by atoms with van der Waals surface area (Å²) < 4.78 is 6.22. The van der Waals surface area contributed by atoms with E-state index in [1.807, 2.05) is 0 Å². The molecule has 8 aromatic rings. The van der Waals surface area contributed by atoms with Crippen LogP contribution in [0.4, 0.5) is 17.1 Å². The van der Waals surface area contributed by atoms with E-state index in [0.717, 1.165) is 22.8 Å². The highest BCUT2D eigenvalue weighted by atomic mass is 16.5. The van der Waals surface area contributed by atoms with Crippen molar-refractivity contribution in [1.29, 1.82) is 0 Å². The number of hydrogen-bond donors (Lipinski definition) is 0. The maximum absolute atomic E-state index is 6.22. The van der Waals surface area contributed by atoms with E-state index in [0.29, 0.717) is 0 Å². The Labute approximate surface area is 279 Å². The number of ether oxygens (including phenoxy) is 1. The standard InChI is InChI=1S/C46H31NO/c1-3-9-39-31(7-1)15-16-35-27-37(24-25-41(35)39)47(38-23-19-33-14-13-32-8-2-4-10-40(32)43(33)29-38)36-21-17-30(18-22-36)34-20-26-46-44(28-34)42-11-5-6-12-45(42)48-46/h1-29,42,45H. The molecule has 2 unspecified atom stereocenters. The van der Waals surface area contributed by atoms with E-state index in [1.54, 1.807) is 0 Å². The number of hydrogen-bond acceptors (Lipinski definition) is 2. The maximum atomic E-state index is 6.22. The van der Waals surface area contributed by atoms with Crippen LogP contribution in [0.3, 0.4) is 0 Å². The highest BCUT2D eigenvalue weighted by Crippen LogP contribution is 2.44. The van der Waals surface area contributed by atoms with Gasteiger partial charge in [-0.1, -0.05) is 121 Å². The molecule has 0 radical (unpaired) electrons. The Morgan fingerprint density at radius 1 is 0.417 bits per heavy atom. The van der Waals surface area contributed by atoms with Crippen LogP contribution in [0.5, 0.6) is 5.75 Å². The van der Waals surface area contributed by atoms with Crippen molar-refractivity contribution in [1.82, 2.24) is 0 Å². The Bertz CT molecular complexity index is 2610. The molecule has 0 aromatic heterocycles. The Hall–Kier alpha value is -6.12. The fourth-order valence-corrected chi connectivity index (χ4v) is 7.74. The molecule has 1 aliphatic heterocycles. The lowest BCUT2D eigenvalue weighted by molar-refractivity contribution is 0.269. The average Bonchev–Trinajstić information content (AvgIpc) is 3.53. The molecule has 0 fully saturated rings. The van der Waals surface area contributed by atoms with Gasteiger partial charge in [0.25, 0.3) is 0 Å². The summed E-state index contributed by atoms with van der Waals surface area (Å²) in [7, 11) is 0. The van der Waals surface area contributed by atoms with Crippen LogP contribution in [0, 0.1) is 0 Å². The molecule has 0 saturated carbocycles. The van der Waals surface area contributed by atoms with Gasteiger partial charge < -0.3 is 9.64 Å². The van der Waals surface area contributed by atoms with E-state index in [4.69, 9.17) is 4.74 Å². The van der Waals surface area contributed by atoms with Gasteiger partial charge in [-0.05, 0) is 109 Å². The molecule has 0 bridgehead atoms. The van der Waals surface area contributed by atoms with Crippen molar-refractivity contribution in [2.45, 2.75) is 12.0 Å². The van der Waals surface area contributed by atoms with Crippen LogP contribution < -0.4 is 9.64 Å². The molecule has 1 heterocycles. The van der Waals surface area contributed by atoms with Gasteiger partial charge in [0.05, 0.1) is 0 Å². The monoisotopic (exact) mass is 613 g/mol. The van der Waals surface area contributed by atoms with Crippen LogP contribution in [0.15, 0.2) is 176 Å². The third kappa shape index (κ3) is 4.34. The minimum atomic E-state index is 0.0928. The summed E-state index contributed by atoms with van der Waals surface area (Å²) in [6, 6.07) is 55.5. The molecule has 2 heteroatoms. The number of allylic oxidation sites excluding steroid dienone is 2. The second-order valence-electron chi connectivity index (χ2n) is 12.9. The summed E-state index contributed by atoms with van der Waals surface area (Å²) in [4.78, 5) is 2.39. The Kier molecular flexibility index (Phi) is 6.04. The zero-order chi connectivity index (χ0) is 31.6. The number of nitrogens with zero attached hydrogens (tertiary/aromatic N) is 1. The molecule has 2 nitrogen and oxygen atoms in total. The first kappa shape index (κ1) is 27.0. The molecule has 1 aliphatic carbocycles. The summed E-state index contributed by atoms with van der Waals surface area (Å²) in [6.07, 6.45) is 8.70. The first-order valence-corrected chi connectivity index (χ1v) is 16.7. The average molecular weight is 614 g/mol. The zero-order valence-corrected chi connectivity index (χ0v) is 26.3. The SMILES string of the molecule is C1=CC2Oc3ccc(-c4ccc(N(c5ccc6c(ccc7ccccc76)c5)c5ccc6ccc7ccccc7c6c5)cc4)cc3C2C=C1. The van der Waals surface area contributed by atoms with Gasteiger partial charge in [0.1, 0.15) is 11.9 Å². The molecule has 10 rings (SSSR count). The molecule has 2 atom stereocenters. The van der Waals surface area contributed by atoms with Crippen LogP contribution in [0.2, 0.25) is 0 Å². The first-order valence-electron chi connectivity index (χ1n) is 16.7. The summed E-state index contributed by atoms with van der Waals surface area (Å²) >= 11 is 0. The number of benzene rings is 8.